The van der Waals surface area contributed by atoms with Crippen molar-refractivity contribution in [3.8, 4) is 11.5 Å². The SMILES string of the molecule is COc1cc2c(cc1OC)CN(CC(=O)N(C)Cc1ccc(N(C)C)cc1)CC2. The Morgan fingerprint density at radius 2 is 1.62 bits per heavy atom. The zero-order valence-electron chi connectivity index (χ0n) is 18.1. The van der Waals surface area contributed by atoms with Gasteiger partial charge in [0.2, 0.25) is 5.91 Å². The quantitative estimate of drug-likeness (QED) is 0.719. The predicted octanol–water partition coefficient (Wildman–Crippen LogP) is 2.79. The molecule has 0 saturated carbocycles. The van der Waals surface area contributed by atoms with Gasteiger partial charge in [-0.2, -0.15) is 0 Å². The van der Waals surface area contributed by atoms with Crippen LogP contribution in [0, 0.1) is 0 Å². The third kappa shape index (κ3) is 5.01. The van der Waals surface area contributed by atoms with E-state index in [0.29, 0.717) is 13.1 Å². The summed E-state index contributed by atoms with van der Waals surface area (Å²) < 4.78 is 10.8. The summed E-state index contributed by atoms with van der Waals surface area (Å²) in [6.45, 7) is 2.63. The Hall–Kier alpha value is -2.73. The summed E-state index contributed by atoms with van der Waals surface area (Å²) in [6, 6.07) is 12.4. The molecule has 0 fully saturated rings. The van der Waals surface area contributed by atoms with Crippen LogP contribution in [0.4, 0.5) is 5.69 Å². The molecule has 1 aliphatic heterocycles. The fourth-order valence-electron chi connectivity index (χ4n) is 3.65. The van der Waals surface area contributed by atoms with Gasteiger partial charge in [-0.25, -0.2) is 0 Å². The first kappa shape index (κ1) is 21.0. The summed E-state index contributed by atoms with van der Waals surface area (Å²) in [5, 5.41) is 0. The molecule has 0 aliphatic carbocycles. The van der Waals surface area contributed by atoms with Crippen molar-refractivity contribution in [2.24, 2.45) is 0 Å². The third-order valence-electron chi connectivity index (χ3n) is 5.45. The van der Waals surface area contributed by atoms with Gasteiger partial charge in [0.1, 0.15) is 0 Å². The molecule has 0 radical (unpaired) electrons. The Kier molecular flexibility index (Phi) is 6.64. The van der Waals surface area contributed by atoms with Crippen molar-refractivity contribution < 1.29 is 14.3 Å². The van der Waals surface area contributed by atoms with Crippen LogP contribution in [0.2, 0.25) is 0 Å². The molecular formula is C23H31N3O3. The Morgan fingerprint density at radius 1 is 1.00 bits per heavy atom. The van der Waals surface area contributed by atoms with Crippen LogP contribution in [0.5, 0.6) is 11.5 Å². The number of methoxy groups -OCH3 is 2. The lowest BCUT2D eigenvalue weighted by atomic mass is 9.99. The number of carbonyl (C=O) groups is 1. The lowest BCUT2D eigenvalue weighted by Crippen LogP contribution is -2.40. The molecule has 0 N–H and O–H groups in total. The van der Waals surface area contributed by atoms with Crippen LogP contribution < -0.4 is 14.4 Å². The Labute approximate surface area is 173 Å². The number of ether oxygens (including phenoxy) is 2. The summed E-state index contributed by atoms with van der Waals surface area (Å²) >= 11 is 0. The van der Waals surface area contributed by atoms with Gasteiger partial charge in [-0.15, -0.1) is 0 Å². The van der Waals surface area contributed by atoms with E-state index in [2.05, 4.69) is 40.1 Å². The van der Waals surface area contributed by atoms with E-state index in [1.807, 2.05) is 27.2 Å². The van der Waals surface area contributed by atoms with E-state index < -0.39 is 0 Å². The number of anilines is 1. The van der Waals surface area contributed by atoms with E-state index >= 15 is 0 Å². The molecule has 2 aromatic rings. The van der Waals surface area contributed by atoms with Gasteiger partial charge in [-0.05, 0) is 47.4 Å². The average Bonchev–Trinajstić information content (AvgIpc) is 2.72. The van der Waals surface area contributed by atoms with Gasteiger partial charge in [0.15, 0.2) is 11.5 Å². The van der Waals surface area contributed by atoms with Crippen molar-refractivity contribution in [3.63, 3.8) is 0 Å². The third-order valence-corrected chi connectivity index (χ3v) is 5.45. The highest BCUT2D eigenvalue weighted by atomic mass is 16.5. The summed E-state index contributed by atoms with van der Waals surface area (Å²) in [5.41, 5.74) is 4.75. The second-order valence-corrected chi connectivity index (χ2v) is 7.75. The first-order chi connectivity index (χ1) is 13.9. The molecule has 3 rings (SSSR count). The number of likely N-dealkylation sites (N-methyl/N-ethyl adjacent to an activating group) is 1. The summed E-state index contributed by atoms with van der Waals surface area (Å²) in [7, 11) is 9.21. The molecule has 0 aromatic heterocycles. The molecule has 2 aromatic carbocycles. The molecule has 0 spiro atoms. The highest BCUT2D eigenvalue weighted by molar-refractivity contribution is 5.78. The first-order valence-corrected chi connectivity index (χ1v) is 9.87. The maximum absolute atomic E-state index is 12.8. The number of benzene rings is 2. The number of rotatable bonds is 7. The van der Waals surface area contributed by atoms with E-state index in [9.17, 15) is 4.79 Å². The molecule has 156 valence electrons. The van der Waals surface area contributed by atoms with Gasteiger partial charge in [0.25, 0.3) is 0 Å². The normalized spacial score (nSPS) is 13.6. The molecule has 6 heteroatoms. The van der Waals surface area contributed by atoms with Gasteiger partial charge in [0.05, 0.1) is 20.8 Å². The van der Waals surface area contributed by atoms with Crippen molar-refractivity contribution in [1.29, 1.82) is 0 Å². The Morgan fingerprint density at radius 3 is 2.21 bits per heavy atom. The van der Waals surface area contributed by atoms with Crippen LogP contribution in [0.1, 0.15) is 16.7 Å². The highest BCUT2D eigenvalue weighted by Crippen LogP contribution is 2.33. The number of amides is 1. The summed E-state index contributed by atoms with van der Waals surface area (Å²) in [4.78, 5) is 18.8. The number of carbonyl (C=O) groups excluding carboxylic acids is 1. The highest BCUT2D eigenvalue weighted by Gasteiger charge is 2.22. The molecule has 0 saturated heterocycles. The van der Waals surface area contributed by atoms with Crippen molar-refractivity contribution >= 4 is 11.6 Å². The fraction of sp³-hybridized carbons (Fsp3) is 0.435. The van der Waals surface area contributed by atoms with Crippen LogP contribution >= 0.6 is 0 Å². The molecule has 0 unspecified atom stereocenters. The summed E-state index contributed by atoms with van der Waals surface area (Å²) in [6.07, 6.45) is 0.901. The van der Waals surface area contributed by atoms with Gasteiger partial charge < -0.3 is 19.3 Å². The van der Waals surface area contributed by atoms with Crippen LogP contribution in [-0.2, 0) is 24.3 Å². The van der Waals surface area contributed by atoms with Gasteiger partial charge >= 0.3 is 0 Å². The molecule has 1 aliphatic rings. The van der Waals surface area contributed by atoms with E-state index in [1.54, 1.807) is 19.1 Å². The average molecular weight is 398 g/mol. The van der Waals surface area contributed by atoms with Crippen molar-refractivity contribution in [2.75, 3.05) is 53.4 Å². The minimum absolute atomic E-state index is 0.130. The second kappa shape index (κ2) is 9.18. The lowest BCUT2D eigenvalue weighted by Gasteiger charge is -2.30. The topological polar surface area (TPSA) is 45.3 Å². The van der Waals surface area contributed by atoms with E-state index in [4.69, 9.17) is 9.47 Å². The second-order valence-electron chi connectivity index (χ2n) is 7.75. The zero-order valence-corrected chi connectivity index (χ0v) is 18.1. The predicted molar refractivity (Wildman–Crippen MR) is 116 cm³/mol. The molecule has 0 atom stereocenters. The molecule has 29 heavy (non-hydrogen) atoms. The Balaban J connectivity index is 1.59. The monoisotopic (exact) mass is 397 g/mol. The fourth-order valence-corrected chi connectivity index (χ4v) is 3.65. The van der Waals surface area contributed by atoms with E-state index in [0.717, 1.165) is 42.3 Å². The zero-order chi connectivity index (χ0) is 21.0. The van der Waals surface area contributed by atoms with Crippen LogP contribution in [0.3, 0.4) is 0 Å². The molecular weight excluding hydrogens is 366 g/mol. The summed E-state index contributed by atoms with van der Waals surface area (Å²) in [5.74, 6) is 1.62. The van der Waals surface area contributed by atoms with Gasteiger partial charge in [-0.1, -0.05) is 12.1 Å². The number of fused-ring (bicyclic) bond motifs is 1. The van der Waals surface area contributed by atoms with Crippen LogP contribution in [-0.4, -0.2) is 64.2 Å². The van der Waals surface area contributed by atoms with Crippen LogP contribution in [0.15, 0.2) is 36.4 Å². The van der Waals surface area contributed by atoms with E-state index in [1.165, 1.54) is 11.1 Å². The standard InChI is InChI=1S/C23H31N3O3/c1-24(2)20-8-6-17(7-9-20)14-25(3)23(27)16-26-11-10-18-12-21(28-4)22(29-5)13-19(18)15-26/h6-9,12-13H,10-11,14-16H2,1-5H3. The number of hydrogen-bond donors (Lipinski definition) is 0. The molecule has 1 heterocycles. The Bertz CT molecular complexity index is 849. The minimum Gasteiger partial charge on any atom is -0.493 e. The van der Waals surface area contributed by atoms with Gasteiger partial charge in [0, 0.05) is 46.5 Å². The smallest absolute Gasteiger partial charge is 0.236 e. The maximum Gasteiger partial charge on any atom is 0.236 e. The molecule has 6 nitrogen and oxygen atoms in total. The van der Waals surface area contributed by atoms with Crippen molar-refractivity contribution in [1.82, 2.24) is 9.80 Å². The van der Waals surface area contributed by atoms with Crippen LogP contribution in [0.25, 0.3) is 0 Å². The maximum atomic E-state index is 12.8. The van der Waals surface area contributed by atoms with E-state index in [-0.39, 0.29) is 5.91 Å². The van der Waals surface area contributed by atoms with Gasteiger partial charge in [-0.3, -0.25) is 9.69 Å². The van der Waals surface area contributed by atoms with Crippen molar-refractivity contribution in [3.05, 3.63) is 53.1 Å². The molecule has 0 bridgehead atoms. The largest absolute Gasteiger partial charge is 0.493 e. The van der Waals surface area contributed by atoms with Crippen molar-refractivity contribution in [2.45, 2.75) is 19.5 Å². The lowest BCUT2D eigenvalue weighted by molar-refractivity contribution is -0.131. The minimum atomic E-state index is 0.130. The molecule has 1 amide bonds. The number of hydrogen-bond acceptors (Lipinski definition) is 5. The number of nitrogens with zero attached hydrogens (tertiary/aromatic N) is 3. The first-order valence-electron chi connectivity index (χ1n) is 9.87.